The van der Waals surface area contributed by atoms with E-state index in [2.05, 4.69) is 55.5 Å². The van der Waals surface area contributed by atoms with E-state index in [1.165, 1.54) is 25.7 Å². The Morgan fingerprint density at radius 1 is 0.950 bits per heavy atom. The van der Waals surface area contributed by atoms with E-state index in [0.29, 0.717) is 6.61 Å². The third-order valence-electron chi connectivity index (χ3n) is 3.65. The Kier molecular flexibility index (Phi) is 9.06. The van der Waals surface area contributed by atoms with E-state index < -0.39 is 0 Å². The van der Waals surface area contributed by atoms with Crippen LogP contribution >= 0.6 is 0 Å². The zero-order valence-electron chi connectivity index (χ0n) is 12.9. The average Bonchev–Trinajstić information content (AvgIpc) is 2.48. The summed E-state index contributed by atoms with van der Waals surface area (Å²) in [6.45, 7) is 2.54. The molecule has 1 heteroatoms. The minimum atomic E-state index is -0.0102. The molecule has 0 aliphatic heterocycles. The summed E-state index contributed by atoms with van der Waals surface area (Å²) < 4.78 is 0. The molecule has 112 valence electrons. The Balaban J connectivity index is 2.51. The number of aliphatic hydroxyl groups is 1. The van der Waals surface area contributed by atoms with Crippen molar-refractivity contribution in [3.8, 4) is 0 Å². The van der Waals surface area contributed by atoms with E-state index in [1.54, 1.807) is 0 Å². The van der Waals surface area contributed by atoms with E-state index in [0.717, 1.165) is 25.7 Å². The highest BCUT2D eigenvalue weighted by atomic mass is 16.2. The molecular formula is C19H30O. The summed E-state index contributed by atoms with van der Waals surface area (Å²) >= 11 is 0. The molecule has 1 rings (SSSR count). The van der Waals surface area contributed by atoms with Crippen LogP contribution in [0, 0.1) is 5.41 Å². The van der Waals surface area contributed by atoms with Gasteiger partial charge in [-0.15, -0.1) is 0 Å². The third-order valence-corrected chi connectivity index (χ3v) is 3.65. The number of hydrogen-bond donors (Lipinski definition) is 1. The second-order valence-electron chi connectivity index (χ2n) is 5.56. The molecule has 0 aromatic carbocycles. The second-order valence-corrected chi connectivity index (χ2v) is 5.56. The van der Waals surface area contributed by atoms with Gasteiger partial charge in [0.15, 0.2) is 0 Å². The third kappa shape index (κ3) is 6.91. The molecule has 1 aliphatic rings. The zero-order chi connectivity index (χ0) is 14.5. The maximum absolute atomic E-state index is 8.79. The molecule has 0 atom stereocenters. The molecule has 0 aromatic heterocycles. The standard InChI is InChI=1S/C19H30O/c1-2-3-4-5-9-14-19(16-11-8-12-17-19)15-10-6-7-13-18-20/h9-12,14-17,20H,2-8,13,18H2,1H3. The summed E-state index contributed by atoms with van der Waals surface area (Å²) in [6.07, 6.45) is 27.4. The van der Waals surface area contributed by atoms with Crippen LogP contribution in [0.4, 0.5) is 0 Å². The van der Waals surface area contributed by atoms with Gasteiger partial charge in [0.2, 0.25) is 0 Å². The fraction of sp³-hybridized carbons (Fsp3) is 0.579. The first-order chi connectivity index (χ1) is 9.83. The summed E-state index contributed by atoms with van der Waals surface area (Å²) in [5, 5.41) is 8.79. The van der Waals surface area contributed by atoms with Crippen molar-refractivity contribution in [2.45, 2.75) is 58.3 Å². The normalized spacial score (nSPS) is 17.5. The van der Waals surface area contributed by atoms with Crippen molar-refractivity contribution in [2.75, 3.05) is 6.61 Å². The summed E-state index contributed by atoms with van der Waals surface area (Å²) in [4.78, 5) is 0. The zero-order valence-corrected chi connectivity index (χ0v) is 12.9. The van der Waals surface area contributed by atoms with E-state index in [9.17, 15) is 0 Å². The monoisotopic (exact) mass is 274 g/mol. The predicted octanol–water partition coefficient (Wildman–Crippen LogP) is 5.34. The minimum Gasteiger partial charge on any atom is -0.396 e. The lowest BCUT2D eigenvalue weighted by molar-refractivity contribution is 0.285. The molecule has 0 saturated heterocycles. The fourth-order valence-corrected chi connectivity index (χ4v) is 2.42. The summed E-state index contributed by atoms with van der Waals surface area (Å²) in [5.74, 6) is 0. The molecule has 0 saturated carbocycles. The average molecular weight is 274 g/mol. The van der Waals surface area contributed by atoms with Crippen LogP contribution in [-0.2, 0) is 0 Å². The first-order valence-corrected chi connectivity index (χ1v) is 8.14. The second kappa shape index (κ2) is 10.7. The summed E-state index contributed by atoms with van der Waals surface area (Å²) in [7, 11) is 0. The van der Waals surface area contributed by atoms with Gasteiger partial charge in [0, 0.05) is 12.0 Å². The Bertz CT molecular complexity index is 313. The van der Waals surface area contributed by atoms with Gasteiger partial charge in [-0.05, 0) is 38.5 Å². The largest absolute Gasteiger partial charge is 0.396 e. The maximum atomic E-state index is 8.79. The highest BCUT2D eigenvalue weighted by molar-refractivity contribution is 5.32. The van der Waals surface area contributed by atoms with Crippen LogP contribution in [0.25, 0.3) is 0 Å². The van der Waals surface area contributed by atoms with Gasteiger partial charge >= 0.3 is 0 Å². The highest BCUT2D eigenvalue weighted by Crippen LogP contribution is 2.29. The van der Waals surface area contributed by atoms with Gasteiger partial charge in [-0.3, -0.25) is 0 Å². The molecule has 0 heterocycles. The molecule has 0 radical (unpaired) electrons. The smallest absolute Gasteiger partial charge is 0.0431 e. The van der Waals surface area contributed by atoms with E-state index in [4.69, 9.17) is 5.11 Å². The molecule has 1 nitrogen and oxygen atoms in total. The van der Waals surface area contributed by atoms with E-state index >= 15 is 0 Å². The first-order valence-electron chi connectivity index (χ1n) is 8.14. The SMILES string of the molecule is CCCCCC=CC1(C=CCCCCO)C=CCC=C1. The number of rotatable bonds is 10. The van der Waals surface area contributed by atoms with Gasteiger partial charge in [0.1, 0.15) is 0 Å². The summed E-state index contributed by atoms with van der Waals surface area (Å²) in [6, 6.07) is 0. The molecule has 1 N–H and O–H groups in total. The van der Waals surface area contributed by atoms with Crippen LogP contribution in [0.2, 0.25) is 0 Å². The van der Waals surface area contributed by atoms with Crippen molar-refractivity contribution < 1.29 is 5.11 Å². The van der Waals surface area contributed by atoms with E-state index in [-0.39, 0.29) is 5.41 Å². The molecule has 0 aromatic rings. The number of hydrogen-bond acceptors (Lipinski definition) is 1. The minimum absolute atomic E-state index is 0.0102. The van der Waals surface area contributed by atoms with Crippen LogP contribution in [0.3, 0.4) is 0 Å². The van der Waals surface area contributed by atoms with Crippen LogP contribution in [0.15, 0.2) is 48.6 Å². The van der Waals surface area contributed by atoms with Gasteiger partial charge in [-0.1, -0.05) is 68.4 Å². The topological polar surface area (TPSA) is 20.2 Å². The van der Waals surface area contributed by atoms with Crippen LogP contribution < -0.4 is 0 Å². The molecule has 0 fully saturated rings. The van der Waals surface area contributed by atoms with Crippen molar-refractivity contribution >= 4 is 0 Å². The summed E-state index contributed by atoms with van der Waals surface area (Å²) in [5.41, 5.74) is -0.0102. The lowest BCUT2D eigenvalue weighted by Gasteiger charge is -2.21. The lowest BCUT2D eigenvalue weighted by Crippen LogP contribution is -2.09. The van der Waals surface area contributed by atoms with Gasteiger partial charge in [-0.2, -0.15) is 0 Å². The highest BCUT2D eigenvalue weighted by Gasteiger charge is 2.17. The van der Waals surface area contributed by atoms with Crippen molar-refractivity contribution in [1.82, 2.24) is 0 Å². The molecule has 0 unspecified atom stereocenters. The molecular weight excluding hydrogens is 244 g/mol. The number of allylic oxidation sites excluding steroid dienone is 8. The predicted molar refractivity (Wildman–Crippen MR) is 88.7 cm³/mol. The molecule has 0 bridgehead atoms. The van der Waals surface area contributed by atoms with Crippen LogP contribution in [-0.4, -0.2) is 11.7 Å². The Morgan fingerprint density at radius 3 is 2.10 bits per heavy atom. The van der Waals surface area contributed by atoms with Crippen LogP contribution in [0.5, 0.6) is 0 Å². The molecule has 1 aliphatic carbocycles. The number of unbranched alkanes of at least 4 members (excludes halogenated alkanes) is 5. The Morgan fingerprint density at radius 2 is 1.55 bits per heavy atom. The van der Waals surface area contributed by atoms with Gasteiger partial charge in [0.05, 0.1) is 0 Å². The van der Waals surface area contributed by atoms with Crippen molar-refractivity contribution in [3.63, 3.8) is 0 Å². The van der Waals surface area contributed by atoms with Crippen LogP contribution in [0.1, 0.15) is 58.3 Å². The fourth-order valence-electron chi connectivity index (χ4n) is 2.42. The van der Waals surface area contributed by atoms with Gasteiger partial charge in [0.25, 0.3) is 0 Å². The first kappa shape index (κ1) is 17.0. The quantitative estimate of drug-likeness (QED) is 0.421. The molecule has 0 spiro atoms. The lowest BCUT2D eigenvalue weighted by atomic mass is 9.82. The van der Waals surface area contributed by atoms with Crippen molar-refractivity contribution in [1.29, 1.82) is 0 Å². The van der Waals surface area contributed by atoms with Crippen molar-refractivity contribution in [3.05, 3.63) is 48.6 Å². The van der Waals surface area contributed by atoms with Crippen molar-refractivity contribution in [2.24, 2.45) is 5.41 Å². The number of aliphatic hydroxyl groups excluding tert-OH is 1. The Labute approximate surface area is 124 Å². The maximum Gasteiger partial charge on any atom is 0.0431 e. The van der Waals surface area contributed by atoms with E-state index in [1.807, 2.05) is 0 Å². The molecule has 0 amide bonds. The Hall–Kier alpha value is -1.08. The van der Waals surface area contributed by atoms with Gasteiger partial charge < -0.3 is 5.11 Å². The van der Waals surface area contributed by atoms with Gasteiger partial charge in [-0.25, -0.2) is 0 Å². The molecule has 20 heavy (non-hydrogen) atoms.